The van der Waals surface area contributed by atoms with Crippen LogP contribution in [0.4, 0.5) is 0 Å². The Kier molecular flexibility index (Phi) is 18.3. The van der Waals surface area contributed by atoms with Gasteiger partial charge in [-0.2, -0.15) is 25.7 Å². The Bertz CT molecular complexity index is 2950. The van der Waals surface area contributed by atoms with Gasteiger partial charge in [0.2, 0.25) is 11.8 Å². The monoisotopic (exact) mass is 1010 g/mol. The second-order valence-electron chi connectivity index (χ2n) is 21.2. The first kappa shape index (κ1) is 54.1. The second kappa shape index (κ2) is 25.4. The first-order valence-electron chi connectivity index (χ1n) is 27.1. The van der Waals surface area contributed by atoms with Crippen LogP contribution in [0.3, 0.4) is 0 Å². The molecular weight excluding hydrogens is 935 g/mol. The van der Waals surface area contributed by atoms with Crippen molar-refractivity contribution in [1.29, 1.82) is 5.26 Å². The average molecular weight is 1010 g/mol. The lowest BCUT2D eigenvalue weighted by atomic mass is 9.68. The van der Waals surface area contributed by atoms with Crippen LogP contribution in [0.5, 0.6) is 5.75 Å². The molecule has 0 radical (unpaired) electrons. The lowest BCUT2D eigenvalue weighted by molar-refractivity contribution is -0.127. The zero-order chi connectivity index (χ0) is 53.0. The largest absolute Gasteiger partial charge is 0.496 e. The highest BCUT2D eigenvalue weighted by atomic mass is 16.5. The van der Waals surface area contributed by atoms with Gasteiger partial charge in [0.15, 0.2) is 0 Å². The molecule has 3 saturated carbocycles. The Hall–Kier alpha value is -7.20. The first-order valence-corrected chi connectivity index (χ1v) is 27.1. The van der Waals surface area contributed by atoms with E-state index in [9.17, 15) is 19.6 Å². The van der Waals surface area contributed by atoms with Crippen LogP contribution in [-0.2, 0) is 33.6 Å². The zero-order valence-corrected chi connectivity index (χ0v) is 44.6. The number of aliphatic imine (C=N–C) groups is 2. The molecule has 2 N–H and O–H groups in total. The summed E-state index contributed by atoms with van der Waals surface area (Å²) in [4.78, 5) is 49.2. The number of aryl methyl sites for hydroxylation is 1. The minimum Gasteiger partial charge on any atom is -0.496 e. The maximum absolute atomic E-state index is 13.5. The van der Waals surface area contributed by atoms with Crippen LogP contribution >= 0.6 is 0 Å². The van der Waals surface area contributed by atoms with Gasteiger partial charge < -0.3 is 15.4 Å². The van der Waals surface area contributed by atoms with E-state index in [0.29, 0.717) is 24.3 Å². The van der Waals surface area contributed by atoms with Gasteiger partial charge >= 0.3 is 0 Å². The summed E-state index contributed by atoms with van der Waals surface area (Å²) in [5, 5.41) is 35.0. The molecule has 13 nitrogen and oxygen atoms in total. The molecule has 0 spiro atoms. The quantitative estimate of drug-likeness (QED) is 0.0642. The molecule has 8 atom stereocenters. The van der Waals surface area contributed by atoms with Crippen LogP contribution in [0.1, 0.15) is 155 Å². The number of benzene rings is 2. The van der Waals surface area contributed by atoms with Crippen molar-refractivity contribution in [3.63, 3.8) is 0 Å². The normalized spacial score (nSPS) is 23.3. The summed E-state index contributed by atoms with van der Waals surface area (Å²) in [6.07, 6.45) is 18.1. The number of aromatic nitrogens is 4. The fraction of sp³-hybridized carbons (Fsp3) is 0.452. The van der Waals surface area contributed by atoms with Crippen molar-refractivity contribution >= 4 is 30.0 Å². The lowest BCUT2D eigenvalue weighted by Gasteiger charge is -2.36. The Morgan fingerprint density at radius 1 is 0.867 bits per heavy atom. The fourth-order valence-electron chi connectivity index (χ4n) is 11.8. The lowest BCUT2D eigenvalue weighted by Crippen LogP contribution is -2.35. The smallest absolute Gasteiger partial charge is 0.228 e. The molecule has 3 fully saturated rings. The summed E-state index contributed by atoms with van der Waals surface area (Å²) in [6, 6.07) is 23.7. The van der Waals surface area contributed by atoms with Gasteiger partial charge in [0, 0.05) is 71.3 Å². The van der Waals surface area contributed by atoms with Crippen LogP contribution in [-0.4, -0.2) is 64.1 Å². The number of allylic oxidation sites excluding steroid dienone is 6. The molecule has 13 heteroatoms. The molecule has 1 aliphatic heterocycles. The number of carbonyl (C=O) groups excluding carboxylic acids is 3. The van der Waals surface area contributed by atoms with Gasteiger partial charge in [-0.15, -0.1) is 0 Å². The maximum Gasteiger partial charge on any atom is 0.228 e. The number of Topliss-reactive ketones (excluding diaryl/α,β-unsaturated/α-hetero) is 1. The molecule has 4 aromatic rings. The number of nitrogens with one attached hydrogen (secondary N) is 2. The van der Waals surface area contributed by atoms with Crippen molar-refractivity contribution in [1.82, 2.24) is 31.0 Å². The molecule has 3 aliphatic carbocycles. The Morgan fingerprint density at radius 3 is 2.33 bits per heavy atom. The molecule has 390 valence electrons. The molecule has 0 saturated heterocycles. The van der Waals surface area contributed by atoms with Gasteiger partial charge in [-0.25, -0.2) is 0 Å². The molecule has 75 heavy (non-hydrogen) atoms. The van der Waals surface area contributed by atoms with Gasteiger partial charge in [-0.05, 0) is 173 Å². The molecule has 4 aliphatic rings. The highest BCUT2D eigenvalue weighted by Crippen LogP contribution is 2.49. The van der Waals surface area contributed by atoms with Crippen molar-refractivity contribution < 1.29 is 19.1 Å². The van der Waals surface area contributed by atoms with Gasteiger partial charge in [-0.3, -0.25) is 24.4 Å². The van der Waals surface area contributed by atoms with E-state index >= 15 is 0 Å². The predicted octanol–water partition coefficient (Wildman–Crippen LogP) is 11.1. The Labute approximate surface area is 443 Å². The standard InChI is InChI=1S/C62H73N9O4/c1-8-38(3)54(66-40(5)72)24-25-55(64-6)49-30-48(31-50(32-49)56-26-27-57(41(9-2)37-65-56)67-61(74)35-45-15-12-13-17-60(45)75-7)53-28-39(4)68-71-62(53)46-19-18-44(29-46)58-23-21-51(69-70-58)33-43-20-22-52(43)59(73)34-42-14-10-11-16-47(42)36-63/h10-17,21,23-28,38,43-44,46,48-50,52H,6,8-9,18-20,22,29-35,37H2,1-5,7H3,(H,66,72)(H,67,74). The van der Waals surface area contributed by atoms with Crippen LogP contribution in [0.2, 0.25) is 0 Å². The van der Waals surface area contributed by atoms with Gasteiger partial charge in [-0.1, -0.05) is 57.2 Å². The van der Waals surface area contributed by atoms with Crippen molar-refractivity contribution in [3.05, 3.63) is 159 Å². The number of nitriles is 1. The van der Waals surface area contributed by atoms with Crippen LogP contribution < -0.4 is 15.4 Å². The predicted molar refractivity (Wildman–Crippen MR) is 294 cm³/mol. The van der Waals surface area contributed by atoms with Gasteiger partial charge in [0.25, 0.3) is 0 Å². The summed E-state index contributed by atoms with van der Waals surface area (Å²) in [7, 11) is 1.62. The molecular formula is C62H73N9O4. The van der Waals surface area contributed by atoms with Crippen LogP contribution in [0, 0.1) is 47.8 Å². The summed E-state index contributed by atoms with van der Waals surface area (Å²) >= 11 is 0. The highest BCUT2D eigenvalue weighted by Gasteiger charge is 2.39. The van der Waals surface area contributed by atoms with Crippen LogP contribution in [0.25, 0.3) is 0 Å². The number of ether oxygens (including phenoxy) is 1. The SMILES string of the molecule is C=NC(=CC=C(NC(C)=O)C(C)CC)C1CC(C2=NCC(CC)=C(NC(=O)Cc3ccccc3OC)C=C2)CC(c2cc(C)nnc2C2CCC(c3ccc(CC4CCC4C(=O)Cc4ccccc4C#N)nn3)C2)C1. The third-order valence-electron chi connectivity index (χ3n) is 16.3. The fourth-order valence-corrected chi connectivity index (χ4v) is 11.8. The summed E-state index contributed by atoms with van der Waals surface area (Å²) in [6.45, 7) is 14.4. The number of para-hydroxylation sites is 1. The summed E-state index contributed by atoms with van der Waals surface area (Å²) < 4.78 is 5.53. The zero-order valence-electron chi connectivity index (χ0n) is 44.6. The van der Waals surface area contributed by atoms with E-state index in [4.69, 9.17) is 25.0 Å². The van der Waals surface area contributed by atoms with E-state index in [0.717, 1.165) is 126 Å². The summed E-state index contributed by atoms with van der Waals surface area (Å²) in [5.41, 5.74) is 11.8. The molecule has 8 unspecified atom stereocenters. The van der Waals surface area contributed by atoms with E-state index < -0.39 is 0 Å². The van der Waals surface area contributed by atoms with Crippen molar-refractivity contribution in [2.24, 2.45) is 39.6 Å². The number of nitrogens with zero attached hydrogens (tertiary/aromatic N) is 7. The van der Waals surface area contributed by atoms with E-state index in [2.05, 4.69) is 78.6 Å². The number of hydrogen-bond donors (Lipinski definition) is 2. The van der Waals surface area contributed by atoms with Crippen LogP contribution in [0.15, 0.2) is 124 Å². The number of rotatable bonds is 20. The Morgan fingerprint density at radius 2 is 1.63 bits per heavy atom. The maximum atomic E-state index is 13.5. The van der Waals surface area contributed by atoms with Crippen molar-refractivity contribution in [2.75, 3.05) is 13.7 Å². The van der Waals surface area contributed by atoms with E-state index in [1.54, 1.807) is 13.2 Å². The van der Waals surface area contributed by atoms with Crippen molar-refractivity contribution in [2.45, 2.75) is 136 Å². The number of amides is 2. The Balaban J connectivity index is 1.01. The number of methoxy groups -OCH3 is 1. The van der Waals surface area contributed by atoms with E-state index in [1.165, 1.54) is 12.5 Å². The van der Waals surface area contributed by atoms with Gasteiger partial charge in [0.05, 0.1) is 54.5 Å². The molecule has 2 aromatic carbocycles. The summed E-state index contributed by atoms with van der Waals surface area (Å²) in [5.74, 6) is 1.62. The number of carbonyl (C=O) groups is 3. The van der Waals surface area contributed by atoms with E-state index in [-0.39, 0.29) is 77.8 Å². The minimum absolute atomic E-state index is 0.0239. The van der Waals surface area contributed by atoms with Crippen molar-refractivity contribution in [3.8, 4) is 11.8 Å². The third kappa shape index (κ3) is 13.4. The van der Waals surface area contributed by atoms with Gasteiger partial charge in [0.1, 0.15) is 11.5 Å². The molecule has 2 amide bonds. The number of hydrogen-bond acceptors (Lipinski definition) is 11. The molecule has 3 heterocycles. The third-order valence-corrected chi connectivity index (χ3v) is 16.3. The number of ketones is 1. The topological polar surface area (TPSA) is 185 Å². The molecule has 8 rings (SSSR count). The minimum atomic E-state index is -0.113. The molecule has 0 bridgehead atoms. The first-order chi connectivity index (χ1) is 36.4. The molecule has 2 aromatic heterocycles. The second-order valence-corrected chi connectivity index (χ2v) is 21.2. The average Bonchev–Trinajstić information content (AvgIpc) is 3.81. The van der Waals surface area contributed by atoms with E-state index in [1.807, 2.05) is 67.6 Å². The highest BCUT2D eigenvalue weighted by molar-refractivity contribution is 5.98.